The maximum Gasteiger partial charge on any atom is 0.305 e. The highest BCUT2D eigenvalue weighted by Crippen LogP contribution is 2.33. The van der Waals surface area contributed by atoms with Gasteiger partial charge in [-0.2, -0.15) is 0 Å². The fraction of sp³-hybridized carbons (Fsp3) is 0.429. The summed E-state index contributed by atoms with van der Waals surface area (Å²) in [5.74, 6) is -0.356. The number of halogens is 1. The third-order valence-corrected chi connectivity index (χ3v) is 3.30. The quantitative estimate of drug-likeness (QED) is 0.810. The lowest BCUT2D eigenvalue weighted by Gasteiger charge is -2.10. The highest BCUT2D eigenvalue weighted by Gasteiger charge is 2.45. The van der Waals surface area contributed by atoms with Crippen LogP contribution in [0.2, 0.25) is 0 Å². The number of esters is 1. The highest BCUT2D eigenvalue weighted by molar-refractivity contribution is 6.00. The van der Waals surface area contributed by atoms with Gasteiger partial charge in [-0.1, -0.05) is 12.1 Å². The van der Waals surface area contributed by atoms with Crippen LogP contribution in [0.3, 0.4) is 0 Å². The van der Waals surface area contributed by atoms with E-state index >= 15 is 0 Å². The molecule has 1 saturated carbocycles. The molecule has 0 heterocycles. The summed E-state index contributed by atoms with van der Waals surface area (Å²) in [7, 11) is 1.38. The molecule has 0 aromatic heterocycles. The Morgan fingerprint density at radius 3 is 2.40 bits per heavy atom. The molecule has 0 unspecified atom stereocenters. The number of anilines is 1. The fourth-order valence-electron chi connectivity index (χ4n) is 1.72. The van der Waals surface area contributed by atoms with Gasteiger partial charge in [0.15, 0.2) is 0 Å². The Morgan fingerprint density at radius 2 is 1.90 bits per heavy atom. The molecule has 0 bridgehead atoms. The third kappa shape index (κ3) is 4.21. The number of aryl methyl sites for hydroxylation is 1. The first-order chi connectivity index (χ1) is 9.03. The number of rotatable bonds is 5. The lowest BCUT2D eigenvalue weighted by molar-refractivity contribution is -0.140. The van der Waals surface area contributed by atoms with Crippen LogP contribution < -0.4 is 11.1 Å². The first kappa shape index (κ1) is 16.5. The Kier molecular flexibility index (Phi) is 5.53. The number of nitrogens with two attached hydrogens (primary N) is 1. The van der Waals surface area contributed by atoms with Crippen LogP contribution >= 0.6 is 12.4 Å². The van der Waals surface area contributed by atoms with Crippen LogP contribution in [0.1, 0.15) is 24.8 Å². The topological polar surface area (TPSA) is 81.4 Å². The van der Waals surface area contributed by atoms with Crippen molar-refractivity contribution in [2.45, 2.75) is 31.2 Å². The Bertz CT molecular complexity index is 484. The SMILES string of the molecule is COC(=O)CCc1ccc(NC(=O)C2(N)CC2)cc1.Cl. The van der Waals surface area contributed by atoms with Crippen LogP contribution in [0.5, 0.6) is 0 Å². The van der Waals surface area contributed by atoms with E-state index in [4.69, 9.17) is 5.73 Å². The first-order valence-electron chi connectivity index (χ1n) is 6.29. The van der Waals surface area contributed by atoms with Crippen LogP contribution in [-0.2, 0) is 20.7 Å². The molecule has 0 spiro atoms. The molecule has 1 aliphatic rings. The van der Waals surface area contributed by atoms with Crippen molar-refractivity contribution in [2.24, 2.45) is 5.73 Å². The largest absolute Gasteiger partial charge is 0.469 e. The van der Waals surface area contributed by atoms with Gasteiger partial charge in [0, 0.05) is 12.1 Å². The van der Waals surface area contributed by atoms with Crippen molar-refractivity contribution in [3.8, 4) is 0 Å². The number of ether oxygens (including phenoxy) is 1. The molecule has 1 aromatic carbocycles. The molecular weight excluding hydrogens is 280 g/mol. The fourth-order valence-corrected chi connectivity index (χ4v) is 1.72. The van der Waals surface area contributed by atoms with Crippen LogP contribution in [0.25, 0.3) is 0 Å². The van der Waals surface area contributed by atoms with Crippen molar-refractivity contribution < 1.29 is 14.3 Å². The Hall–Kier alpha value is -1.59. The predicted octanol–water partition coefficient (Wildman–Crippen LogP) is 1.64. The number of hydrogen-bond acceptors (Lipinski definition) is 4. The number of amides is 1. The van der Waals surface area contributed by atoms with E-state index in [0.717, 1.165) is 24.1 Å². The van der Waals surface area contributed by atoms with Gasteiger partial charge in [-0.25, -0.2) is 0 Å². The second-order valence-electron chi connectivity index (χ2n) is 4.88. The monoisotopic (exact) mass is 298 g/mol. The van der Waals surface area contributed by atoms with Crippen molar-refractivity contribution in [3.63, 3.8) is 0 Å². The number of methoxy groups -OCH3 is 1. The molecule has 1 fully saturated rings. The predicted molar refractivity (Wildman–Crippen MR) is 78.8 cm³/mol. The maximum atomic E-state index is 11.7. The number of hydrogen-bond donors (Lipinski definition) is 2. The minimum atomic E-state index is -0.663. The zero-order valence-electron chi connectivity index (χ0n) is 11.3. The molecule has 0 saturated heterocycles. The van der Waals surface area contributed by atoms with Crippen LogP contribution in [0.4, 0.5) is 5.69 Å². The van der Waals surface area contributed by atoms with Gasteiger partial charge in [-0.05, 0) is 37.0 Å². The van der Waals surface area contributed by atoms with E-state index in [2.05, 4.69) is 10.1 Å². The van der Waals surface area contributed by atoms with E-state index in [-0.39, 0.29) is 24.3 Å². The molecule has 20 heavy (non-hydrogen) atoms. The second-order valence-corrected chi connectivity index (χ2v) is 4.88. The summed E-state index contributed by atoms with van der Waals surface area (Å²) in [6, 6.07) is 7.40. The van der Waals surface area contributed by atoms with Crippen LogP contribution in [-0.4, -0.2) is 24.5 Å². The second kappa shape index (κ2) is 6.72. The summed E-state index contributed by atoms with van der Waals surface area (Å²) < 4.78 is 4.58. The van der Waals surface area contributed by atoms with E-state index in [9.17, 15) is 9.59 Å². The third-order valence-electron chi connectivity index (χ3n) is 3.30. The number of carbonyl (C=O) groups is 2. The van der Waals surface area contributed by atoms with E-state index in [0.29, 0.717) is 12.8 Å². The lowest BCUT2D eigenvalue weighted by Crippen LogP contribution is -2.37. The van der Waals surface area contributed by atoms with Gasteiger partial charge in [-0.3, -0.25) is 9.59 Å². The van der Waals surface area contributed by atoms with Crippen molar-refractivity contribution in [1.82, 2.24) is 0 Å². The van der Waals surface area contributed by atoms with Crippen LogP contribution in [0.15, 0.2) is 24.3 Å². The molecule has 2 rings (SSSR count). The van der Waals surface area contributed by atoms with Gasteiger partial charge in [0.05, 0.1) is 12.6 Å². The zero-order valence-corrected chi connectivity index (χ0v) is 12.2. The lowest BCUT2D eigenvalue weighted by atomic mass is 10.1. The Balaban J connectivity index is 0.00000200. The van der Waals surface area contributed by atoms with E-state index < -0.39 is 5.54 Å². The molecule has 3 N–H and O–H groups in total. The van der Waals surface area contributed by atoms with Crippen LogP contribution in [0, 0.1) is 0 Å². The molecule has 5 nitrogen and oxygen atoms in total. The van der Waals surface area contributed by atoms with Gasteiger partial charge < -0.3 is 15.8 Å². The summed E-state index contributed by atoms with van der Waals surface area (Å²) in [5.41, 5.74) is 6.89. The van der Waals surface area contributed by atoms with Crippen molar-refractivity contribution in [2.75, 3.05) is 12.4 Å². The minimum absolute atomic E-state index is 0. The average molecular weight is 299 g/mol. The minimum Gasteiger partial charge on any atom is -0.469 e. The van der Waals surface area contributed by atoms with E-state index in [1.165, 1.54) is 7.11 Å². The summed E-state index contributed by atoms with van der Waals surface area (Å²) in [5, 5.41) is 2.79. The molecule has 0 radical (unpaired) electrons. The number of benzene rings is 1. The van der Waals surface area contributed by atoms with Crippen molar-refractivity contribution in [3.05, 3.63) is 29.8 Å². The van der Waals surface area contributed by atoms with Gasteiger partial charge >= 0.3 is 5.97 Å². The van der Waals surface area contributed by atoms with Gasteiger partial charge in [0.2, 0.25) is 5.91 Å². The molecule has 0 aliphatic heterocycles. The number of nitrogens with one attached hydrogen (secondary N) is 1. The molecule has 1 amide bonds. The normalized spacial score (nSPS) is 14.9. The van der Waals surface area contributed by atoms with Gasteiger partial charge in [0.25, 0.3) is 0 Å². The Labute approximate surface area is 124 Å². The molecule has 110 valence electrons. The average Bonchev–Trinajstić information content (AvgIpc) is 3.17. The zero-order chi connectivity index (χ0) is 13.9. The van der Waals surface area contributed by atoms with E-state index in [1.54, 1.807) is 0 Å². The molecular formula is C14H19ClN2O3. The van der Waals surface area contributed by atoms with Gasteiger partial charge in [0.1, 0.15) is 0 Å². The van der Waals surface area contributed by atoms with Crippen molar-refractivity contribution in [1.29, 1.82) is 0 Å². The summed E-state index contributed by atoms with van der Waals surface area (Å²) in [6.45, 7) is 0. The van der Waals surface area contributed by atoms with E-state index in [1.807, 2.05) is 24.3 Å². The number of carbonyl (C=O) groups excluding carboxylic acids is 2. The molecule has 0 atom stereocenters. The van der Waals surface area contributed by atoms with Crippen molar-refractivity contribution >= 4 is 30.0 Å². The standard InChI is InChI=1S/C14H18N2O3.ClH/c1-19-12(17)7-4-10-2-5-11(6-3-10)16-13(18)14(15)8-9-14;/h2-3,5-6H,4,7-9,15H2,1H3,(H,16,18);1H. The molecule has 1 aromatic rings. The highest BCUT2D eigenvalue weighted by atomic mass is 35.5. The maximum absolute atomic E-state index is 11.7. The Morgan fingerprint density at radius 1 is 1.30 bits per heavy atom. The summed E-state index contributed by atoms with van der Waals surface area (Å²) in [4.78, 5) is 22.8. The summed E-state index contributed by atoms with van der Waals surface area (Å²) >= 11 is 0. The molecule has 6 heteroatoms. The first-order valence-corrected chi connectivity index (χ1v) is 6.29. The molecule has 1 aliphatic carbocycles. The smallest absolute Gasteiger partial charge is 0.305 e. The van der Waals surface area contributed by atoms with Gasteiger partial charge in [-0.15, -0.1) is 12.4 Å². The summed E-state index contributed by atoms with van der Waals surface area (Å²) in [6.07, 6.45) is 2.47.